The molecule has 1 unspecified atom stereocenters. The molecule has 36 heavy (non-hydrogen) atoms. The van der Waals surface area contributed by atoms with Crippen molar-refractivity contribution in [3.63, 3.8) is 0 Å². The van der Waals surface area contributed by atoms with Gasteiger partial charge in [0.05, 0.1) is 5.39 Å². The van der Waals surface area contributed by atoms with Gasteiger partial charge in [0.2, 0.25) is 0 Å². The van der Waals surface area contributed by atoms with Crippen LogP contribution in [-0.4, -0.2) is 28.0 Å². The molecular weight excluding hydrogens is 476 g/mol. The highest BCUT2D eigenvalue weighted by Crippen LogP contribution is 2.33. The number of nitrogens with one attached hydrogen (secondary N) is 3. The van der Waals surface area contributed by atoms with Crippen LogP contribution in [0, 0.1) is 0 Å². The lowest BCUT2D eigenvalue weighted by Gasteiger charge is -2.34. The number of H-pyrrole nitrogens is 1. The lowest BCUT2D eigenvalue weighted by molar-refractivity contribution is 0.508. The third-order valence-corrected chi connectivity index (χ3v) is 6.96. The van der Waals surface area contributed by atoms with Crippen molar-refractivity contribution in [2.75, 3.05) is 28.6 Å². The summed E-state index contributed by atoms with van der Waals surface area (Å²) in [5.41, 5.74) is 2.94. The molecule has 0 bridgehead atoms. The van der Waals surface area contributed by atoms with E-state index in [1.165, 1.54) is 5.56 Å². The molecule has 1 atom stereocenters. The normalized spacial score (nSPS) is 15.9. The molecule has 180 valence electrons. The molecule has 3 N–H and O–H groups in total. The van der Waals surface area contributed by atoms with E-state index < -0.39 is 10.9 Å². The van der Waals surface area contributed by atoms with E-state index in [0.717, 1.165) is 48.5 Å². The lowest BCUT2D eigenvalue weighted by atomic mass is 9.90. The van der Waals surface area contributed by atoms with Crippen molar-refractivity contribution in [1.82, 2.24) is 15.0 Å². The Labute approximate surface area is 211 Å². The molecule has 0 spiro atoms. The van der Waals surface area contributed by atoms with Gasteiger partial charge in [-0.1, -0.05) is 23.7 Å². The Bertz CT molecular complexity index is 1620. The molecule has 0 saturated carbocycles. The molecule has 1 aliphatic rings. The van der Waals surface area contributed by atoms with E-state index in [0.29, 0.717) is 16.6 Å². The van der Waals surface area contributed by atoms with Crippen molar-refractivity contribution in [2.45, 2.75) is 18.8 Å². The summed E-state index contributed by atoms with van der Waals surface area (Å²) in [7, 11) is 0. The predicted molar refractivity (Wildman–Crippen MR) is 144 cm³/mol. The largest absolute Gasteiger partial charge is 0.355 e. The van der Waals surface area contributed by atoms with Gasteiger partial charge >= 0.3 is 0 Å². The SMILES string of the molecule is O=c1c(Nc2ccc(Cl)cc2)c(Nc2cccc(C3CCCN(c4ncnc5[nH]ccc45)C3)c2)c1=O. The Morgan fingerprint density at radius 2 is 1.72 bits per heavy atom. The number of aromatic nitrogens is 3. The fourth-order valence-electron chi connectivity index (χ4n) is 4.87. The molecule has 6 rings (SSSR count). The first-order valence-corrected chi connectivity index (χ1v) is 12.2. The van der Waals surface area contributed by atoms with E-state index in [9.17, 15) is 9.59 Å². The summed E-state index contributed by atoms with van der Waals surface area (Å²) in [4.78, 5) is 38.9. The number of rotatable bonds is 6. The fraction of sp³-hybridized carbons (Fsp3) is 0.185. The first kappa shape index (κ1) is 22.3. The molecule has 8 nitrogen and oxygen atoms in total. The number of fused-ring (bicyclic) bond motifs is 1. The molecule has 5 aromatic rings. The average Bonchev–Trinajstić information content (AvgIpc) is 3.41. The number of halogens is 1. The summed E-state index contributed by atoms with van der Waals surface area (Å²) in [6.45, 7) is 1.78. The third kappa shape index (κ3) is 4.09. The summed E-state index contributed by atoms with van der Waals surface area (Å²) in [5.74, 6) is 1.26. The van der Waals surface area contributed by atoms with Gasteiger partial charge in [-0.05, 0) is 60.9 Å². The number of nitrogens with zero attached hydrogens (tertiary/aromatic N) is 3. The topological polar surface area (TPSA) is 103 Å². The van der Waals surface area contributed by atoms with Crippen molar-refractivity contribution in [3.05, 3.63) is 98.2 Å². The maximum absolute atomic E-state index is 12.3. The fourth-order valence-corrected chi connectivity index (χ4v) is 5.00. The van der Waals surface area contributed by atoms with Gasteiger partial charge in [0.15, 0.2) is 0 Å². The summed E-state index contributed by atoms with van der Waals surface area (Å²) in [5, 5.41) is 7.82. The second-order valence-electron chi connectivity index (χ2n) is 9.01. The molecule has 1 saturated heterocycles. The van der Waals surface area contributed by atoms with Crippen molar-refractivity contribution >= 4 is 51.2 Å². The van der Waals surface area contributed by atoms with Crippen LogP contribution in [0.15, 0.2) is 76.7 Å². The molecule has 9 heteroatoms. The zero-order valence-corrected chi connectivity index (χ0v) is 20.0. The van der Waals surface area contributed by atoms with Crippen molar-refractivity contribution < 1.29 is 0 Å². The zero-order chi connectivity index (χ0) is 24.6. The van der Waals surface area contributed by atoms with Crippen LogP contribution in [-0.2, 0) is 0 Å². The molecule has 1 fully saturated rings. The number of hydrogen-bond donors (Lipinski definition) is 3. The quantitative estimate of drug-likeness (QED) is 0.280. The summed E-state index contributed by atoms with van der Waals surface area (Å²) < 4.78 is 0. The molecule has 2 aromatic heterocycles. The summed E-state index contributed by atoms with van der Waals surface area (Å²) in [6, 6.07) is 17.0. The van der Waals surface area contributed by atoms with E-state index in [-0.39, 0.29) is 11.4 Å². The molecular formula is C27H23ClN6O2. The van der Waals surface area contributed by atoms with E-state index >= 15 is 0 Å². The summed E-state index contributed by atoms with van der Waals surface area (Å²) in [6.07, 6.45) is 5.59. The molecule has 0 aliphatic carbocycles. The second-order valence-corrected chi connectivity index (χ2v) is 9.45. The minimum absolute atomic E-state index is 0.260. The number of aromatic amines is 1. The van der Waals surface area contributed by atoms with Crippen LogP contribution in [0.5, 0.6) is 0 Å². The van der Waals surface area contributed by atoms with Gasteiger partial charge in [0.25, 0.3) is 10.9 Å². The monoisotopic (exact) mass is 498 g/mol. The van der Waals surface area contributed by atoms with Crippen LogP contribution >= 0.6 is 11.6 Å². The molecule has 3 aromatic carbocycles. The second kappa shape index (κ2) is 9.13. The van der Waals surface area contributed by atoms with E-state index in [1.54, 1.807) is 30.6 Å². The molecule has 0 amide bonds. The average molecular weight is 499 g/mol. The minimum atomic E-state index is -0.535. The molecule has 0 radical (unpaired) electrons. The molecule has 3 heterocycles. The van der Waals surface area contributed by atoms with E-state index in [1.807, 2.05) is 24.4 Å². The van der Waals surface area contributed by atoms with Gasteiger partial charge in [-0.25, -0.2) is 9.97 Å². The first-order valence-electron chi connectivity index (χ1n) is 11.8. The standard InChI is InChI=1S/C27H23ClN6O2/c28-18-6-8-19(9-7-18)32-22-23(25(36)24(22)35)33-20-5-1-3-16(13-20)17-4-2-12-34(14-17)27-21-10-11-29-26(21)30-15-31-27/h1,3,5-11,13,15,17,32-33H,2,4,12,14H2,(H,29,30,31). The van der Waals surface area contributed by atoms with Crippen LogP contribution < -0.4 is 26.4 Å². The van der Waals surface area contributed by atoms with Gasteiger partial charge in [0, 0.05) is 41.6 Å². The van der Waals surface area contributed by atoms with Crippen LogP contribution in [0.25, 0.3) is 11.0 Å². The number of benzene rings is 2. The van der Waals surface area contributed by atoms with Crippen molar-refractivity contribution in [2.24, 2.45) is 0 Å². The Balaban J connectivity index is 1.22. The maximum Gasteiger partial charge on any atom is 0.253 e. The van der Waals surface area contributed by atoms with Crippen LogP contribution in [0.4, 0.5) is 28.6 Å². The number of anilines is 5. The Morgan fingerprint density at radius 3 is 2.53 bits per heavy atom. The zero-order valence-electron chi connectivity index (χ0n) is 19.3. The van der Waals surface area contributed by atoms with Crippen LogP contribution in [0.1, 0.15) is 24.3 Å². The lowest BCUT2D eigenvalue weighted by Crippen LogP contribution is -2.36. The number of hydrogen-bond acceptors (Lipinski definition) is 7. The van der Waals surface area contributed by atoms with Gasteiger partial charge < -0.3 is 20.5 Å². The van der Waals surface area contributed by atoms with Gasteiger partial charge in [-0.2, -0.15) is 0 Å². The Hall–Kier alpha value is -4.17. The Morgan fingerprint density at radius 1 is 0.944 bits per heavy atom. The first-order chi connectivity index (χ1) is 17.6. The highest BCUT2D eigenvalue weighted by molar-refractivity contribution is 6.30. The van der Waals surface area contributed by atoms with Crippen molar-refractivity contribution in [3.8, 4) is 0 Å². The van der Waals surface area contributed by atoms with Gasteiger partial charge in [0.1, 0.15) is 29.2 Å². The summed E-state index contributed by atoms with van der Waals surface area (Å²) >= 11 is 5.94. The molecule has 1 aliphatic heterocycles. The third-order valence-electron chi connectivity index (χ3n) is 6.71. The Kier molecular flexibility index (Phi) is 5.65. The maximum atomic E-state index is 12.3. The predicted octanol–water partition coefficient (Wildman–Crippen LogP) is 5.08. The number of piperidine rings is 1. The van der Waals surface area contributed by atoms with Gasteiger partial charge in [-0.3, -0.25) is 9.59 Å². The van der Waals surface area contributed by atoms with Crippen molar-refractivity contribution in [1.29, 1.82) is 0 Å². The van der Waals surface area contributed by atoms with E-state index in [4.69, 9.17) is 11.6 Å². The highest BCUT2D eigenvalue weighted by atomic mass is 35.5. The van der Waals surface area contributed by atoms with E-state index in [2.05, 4.69) is 42.6 Å². The van der Waals surface area contributed by atoms with Gasteiger partial charge in [-0.15, -0.1) is 0 Å². The highest BCUT2D eigenvalue weighted by Gasteiger charge is 2.25. The smallest absolute Gasteiger partial charge is 0.253 e. The van der Waals surface area contributed by atoms with Crippen LogP contribution in [0.3, 0.4) is 0 Å². The minimum Gasteiger partial charge on any atom is -0.355 e. The van der Waals surface area contributed by atoms with Crippen LogP contribution in [0.2, 0.25) is 5.02 Å².